The first kappa shape index (κ1) is 24.8. The van der Waals surface area contributed by atoms with Crippen molar-refractivity contribution in [2.24, 2.45) is 0 Å². The smallest absolute Gasteiger partial charge is 0.276 e. The highest BCUT2D eigenvalue weighted by atomic mass is 16.5. The summed E-state index contributed by atoms with van der Waals surface area (Å²) in [7, 11) is 1.67. The number of methoxy groups -OCH3 is 1. The van der Waals surface area contributed by atoms with Crippen molar-refractivity contribution in [3.8, 4) is 17.1 Å². The monoisotopic (exact) mass is 503 g/mol. The van der Waals surface area contributed by atoms with Crippen molar-refractivity contribution < 1.29 is 18.7 Å². The summed E-state index contributed by atoms with van der Waals surface area (Å²) < 4.78 is 11.8. The molecule has 9 heteroatoms. The highest BCUT2D eigenvalue weighted by Crippen LogP contribution is 2.34. The van der Waals surface area contributed by atoms with Crippen LogP contribution in [-0.4, -0.2) is 68.1 Å². The molecule has 5 rings (SSSR count). The molecule has 0 spiro atoms. The molecule has 37 heavy (non-hydrogen) atoms. The van der Waals surface area contributed by atoms with Gasteiger partial charge in [0.1, 0.15) is 5.75 Å². The van der Waals surface area contributed by atoms with E-state index >= 15 is 0 Å². The largest absolute Gasteiger partial charge is 0.495 e. The fourth-order valence-corrected chi connectivity index (χ4v) is 5.02. The van der Waals surface area contributed by atoms with Gasteiger partial charge in [-0.2, -0.15) is 0 Å². The van der Waals surface area contributed by atoms with Crippen LogP contribution in [0.5, 0.6) is 5.75 Å². The maximum absolute atomic E-state index is 13.8. The quantitative estimate of drug-likeness (QED) is 0.529. The molecule has 0 aliphatic carbocycles. The molecule has 1 aromatic heterocycles. The van der Waals surface area contributed by atoms with Gasteiger partial charge in [-0.05, 0) is 62.3 Å². The highest BCUT2D eigenvalue weighted by Gasteiger charge is 2.31. The van der Waals surface area contributed by atoms with Crippen LogP contribution in [0.2, 0.25) is 0 Å². The minimum absolute atomic E-state index is 0.121. The van der Waals surface area contributed by atoms with Gasteiger partial charge in [0, 0.05) is 50.3 Å². The number of nitrogens with zero attached hydrogens (tertiary/aromatic N) is 3. The summed E-state index contributed by atoms with van der Waals surface area (Å²) in [5.41, 5.74) is 2.84. The summed E-state index contributed by atoms with van der Waals surface area (Å²) in [6, 6.07) is 15.3. The molecule has 0 unspecified atom stereocenters. The topological polar surface area (TPSA) is 99.9 Å². The Balaban J connectivity index is 1.38. The molecule has 3 heterocycles. The molecular weight excluding hydrogens is 470 g/mol. The summed E-state index contributed by atoms with van der Waals surface area (Å²) in [5, 5.41) is 6.14. The standard InChI is InChI=1S/C28H33N5O4/c1-19(34)30-22-9-7-20(8-10-22)26-25(31-27(37-26)21-11-13-29-14-12-21)28(35)33-17-15-32(16-18-33)23-5-3-4-6-24(23)36-2/h3-10,21,29H,11-18H2,1-2H3,(H,30,34). The minimum atomic E-state index is -0.135. The Bertz CT molecular complexity index is 1240. The third-order valence-electron chi connectivity index (χ3n) is 6.99. The number of nitrogens with one attached hydrogen (secondary N) is 2. The van der Waals surface area contributed by atoms with Crippen LogP contribution in [0.3, 0.4) is 0 Å². The van der Waals surface area contributed by atoms with Gasteiger partial charge >= 0.3 is 0 Å². The fourth-order valence-electron chi connectivity index (χ4n) is 5.02. The zero-order valence-electron chi connectivity index (χ0n) is 21.3. The van der Waals surface area contributed by atoms with Crippen LogP contribution < -0.4 is 20.3 Å². The first-order chi connectivity index (χ1) is 18.0. The van der Waals surface area contributed by atoms with Crippen LogP contribution in [0.25, 0.3) is 11.3 Å². The Morgan fingerprint density at radius 1 is 1.03 bits per heavy atom. The van der Waals surface area contributed by atoms with Crippen molar-refractivity contribution in [3.05, 3.63) is 60.1 Å². The summed E-state index contributed by atoms with van der Waals surface area (Å²) >= 11 is 0. The summed E-state index contributed by atoms with van der Waals surface area (Å²) in [6.07, 6.45) is 1.85. The van der Waals surface area contributed by atoms with E-state index in [1.807, 2.05) is 53.4 Å². The number of rotatable bonds is 6. The Hall–Kier alpha value is -3.85. The second kappa shape index (κ2) is 11.0. The Labute approximate surface area is 216 Å². The molecule has 0 atom stereocenters. The van der Waals surface area contributed by atoms with Crippen LogP contribution >= 0.6 is 0 Å². The number of anilines is 2. The lowest BCUT2D eigenvalue weighted by Crippen LogP contribution is -2.49. The summed E-state index contributed by atoms with van der Waals surface area (Å²) in [4.78, 5) is 34.0. The Kier molecular flexibility index (Phi) is 7.41. The molecule has 3 aromatic rings. The first-order valence-corrected chi connectivity index (χ1v) is 12.8. The van der Waals surface area contributed by atoms with E-state index in [9.17, 15) is 9.59 Å². The molecular formula is C28H33N5O4. The molecule has 0 radical (unpaired) electrons. The maximum atomic E-state index is 13.8. The average Bonchev–Trinajstić information content (AvgIpc) is 3.39. The van der Waals surface area contributed by atoms with Crippen molar-refractivity contribution in [1.29, 1.82) is 0 Å². The lowest BCUT2D eigenvalue weighted by Gasteiger charge is -2.36. The van der Waals surface area contributed by atoms with Gasteiger partial charge in [0.15, 0.2) is 17.3 Å². The second-order valence-electron chi connectivity index (χ2n) is 9.46. The molecule has 2 N–H and O–H groups in total. The lowest BCUT2D eigenvalue weighted by molar-refractivity contribution is -0.114. The highest BCUT2D eigenvalue weighted by molar-refractivity contribution is 5.98. The third-order valence-corrected chi connectivity index (χ3v) is 6.99. The van der Waals surface area contributed by atoms with Crippen molar-refractivity contribution in [3.63, 3.8) is 0 Å². The molecule has 194 valence electrons. The van der Waals surface area contributed by atoms with E-state index in [-0.39, 0.29) is 17.7 Å². The van der Waals surface area contributed by atoms with Gasteiger partial charge < -0.3 is 29.6 Å². The van der Waals surface area contributed by atoms with Crippen LogP contribution in [0.15, 0.2) is 52.9 Å². The Morgan fingerprint density at radius 3 is 2.41 bits per heavy atom. The number of piperazine rings is 1. The van der Waals surface area contributed by atoms with Gasteiger partial charge in [0.25, 0.3) is 5.91 Å². The van der Waals surface area contributed by atoms with Crippen LogP contribution in [0.1, 0.15) is 42.1 Å². The number of ether oxygens (including phenoxy) is 1. The zero-order chi connectivity index (χ0) is 25.8. The first-order valence-electron chi connectivity index (χ1n) is 12.8. The van der Waals surface area contributed by atoms with E-state index in [1.165, 1.54) is 6.92 Å². The van der Waals surface area contributed by atoms with Crippen molar-refractivity contribution in [2.45, 2.75) is 25.7 Å². The minimum Gasteiger partial charge on any atom is -0.495 e. The average molecular weight is 504 g/mol. The number of aromatic nitrogens is 1. The normalized spacial score (nSPS) is 16.5. The predicted molar refractivity (Wildman–Crippen MR) is 142 cm³/mol. The molecule has 2 saturated heterocycles. The number of hydrogen-bond acceptors (Lipinski definition) is 7. The van der Waals surface area contributed by atoms with Gasteiger partial charge in [0.05, 0.1) is 12.8 Å². The number of carbonyl (C=O) groups excluding carboxylic acids is 2. The van der Waals surface area contributed by atoms with E-state index in [4.69, 9.17) is 14.1 Å². The van der Waals surface area contributed by atoms with Gasteiger partial charge in [-0.3, -0.25) is 9.59 Å². The number of oxazole rings is 1. The molecule has 2 aromatic carbocycles. The molecule has 0 saturated carbocycles. The zero-order valence-corrected chi connectivity index (χ0v) is 21.3. The van der Waals surface area contributed by atoms with E-state index in [1.54, 1.807) is 7.11 Å². The summed E-state index contributed by atoms with van der Waals surface area (Å²) in [6.45, 7) is 5.84. The number of benzene rings is 2. The van der Waals surface area contributed by atoms with Crippen molar-refractivity contribution in [1.82, 2.24) is 15.2 Å². The predicted octanol–water partition coefficient (Wildman–Crippen LogP) is 3.74. The van der Waals surface area contributed by atoms with E-state index < -0.39 is 0 Å². The number of piperidine rings is 1. The van der Waals surface area contributed by atoms with Crippen LogP contribution in [0, 0.1) is 0 Å². The summed E-state index contributed by atoms with van der Waals surface area (Å²) in [5.74, 6) is 1.87. The molecule has 0 bridgehead atoms. The van der Waals surface area contributed by atoms with E-state index in [0.717, 1.165) is 42.9 Å². The Morgan fingerprint density at radius 2 is 1.73 bits per heavy atom. The molecule has 2 aliphatic rings. The number of hydrogen-bond donors (Lipinski definition) is 2. The number of amides is 2. The molecule has 2 amide bonds. The number of carbonyl (C=O) groups is 2. The van der Waals surface area contributed by atoms with E-state index in [2.05, 4.69) is 15.5 Å². The maximum Gasteiger partial charge on any atom is 0.276 e. The van der Waals surface area contributed by atoms with Crippen LogP contribution in [-0.2, 0) is 4.79 Å². The van der Waals surface area contributed by atoms with Gasteiger partial charge in [-0.1, -0.05) is 12.1 Å². The number of para-hydroxylation sites is 2. The lowest BCUT2D eigenvalue weighted by atomic mass is 9.98. The third kappa shape index (κ3) is 5.46. The fraction of sp³-hybridized carbons (Fsp3) is 0.393. The molecule has 9 nitrogen and oxygen atoms in total. The van der Waals surface area contributed by atoms with Crippen molar-refractivity contribution in [2.75, 3.05) is 56.6 Å². The SMILES string of the molecule is COc1ccccc1N1CCN(C(=O)c2nc(C3CCNCC3)oc2-c2ccc(NC(C)=O)cc2)CC1. The van der Waals surface area contributed by atoms with E-state index in [0.29, 0.717) is 49.2 Å². The molecule has 2 aliphatic heterocycles. The second-order valence-corrected chi connectivity index (χ2v) is 9.46. The van der Waals surface area contributed by atoms with Gasteiger partial charge in [-0.25, -0.2) is 4.98 Å². The van der Waals surface area contributed by atoms with Crippen LogP contribution in [0.4, 0.5) is 11.4 Å². The van der Waals surface area contributed by atoms with Crippen molar-refractivity contribution >= 4 is 23.2 Å². The molecule has 2 fully saturated rings. The van der Waals surface area contributed by atoms with Gasteiger partial charge in [0.2, 0.25) is 5.91 Å². The van der Waals surface area contributed by atoms with Gasteiger partial charge in [-0.15, -0.1) is 0 Å².